The van der Waals surface area contributed by atoms with Gasteiger partial charge in [0, 0.05) is 124 Å². The van der Waals surface area contributed by atoms with E-state index in [0.29, 0.717) is 0 Å². The number of hydrogen-bond donors (Lipinski definition) is 9. The maximum atomic E-state index is 10.3. The summed E-state index contributed by atoms with van der Waals surface area (Å²) >= 11 is 0. The van der Waals surface area contributed by atoms with E-state index in [1.807, 2.05) is 0 Å². The first-order valence-corrected chi connectivity index (χ1v) is 18.7. The zero-order chi connectivity index (χ0) is 63.9. The van der Waals surface area contributed by atoms with Gasteiger partial charge < -0.3 is 194 Å². The molecule has 0 heterocycles. The van der Waals surface area contributed by atoms with Crippen molar-refractivity contribution in [3.8, 4) is 0 Å². The summed E-state index contributed by atoms with van der Waals surface area (Å²) < 4.78 is 0. The van der Waals surface area contributed by atoms with Gasteiger partial charge in [0.15, 0.2) is 5.60 Å². The molecule has 3 radical (unpaired) electrons. The van der Waals surface area contributed by atoms with Crippen LogP contribution >= 0.6 is 0 Å². The first kappa shape index (κ1) is 121. The molecule has 501 valence electrons. The van der Waals surface area contributed by atoms with Crippen molar-refractivity contribution in [2.75, 3.05) is 0 Å². The zero-order valence-electron chi connectivity index (χ0n) is 41.9. The van der Waals surface area contributed by atoms with Crippen molar-refractivity contribution in [1.82, 2.24) is 0 Å². The Balaban J connectivity index is -0.0000000539. The summed E-state index contributed by atoms with van der Waals surface area (Å²) in [7, 11) is 0. The van der Waals surface area contributed by atoms with Gasteiger partial charge >= 0.3 is 195 Å². The van der Waals surface area contributed by atoms with Crippen molar-refractivity contribution < 1.29 is 386 Å². The van der Waals surface area contributed by atoms with Gasteiger partial charge in [-0.2, -0.15) is 0 Å². The second-order valence-electron chi connectivity index (χ2n) is 14.6. The normalized spacial score (nSPS) is 9.72. The van der Waals surface area contributed by atoms with Crippen LogP contribution in [0, 0.1) is 0 Å². The molecule has 0 bridgehead atoms. The van der Waals surface area contributed by atoms with Crippen LogP contribution in [0.25, 0.3) is 0 Å². The largest absolute Gasteiger partial charge is 2.00 e. The third kappa shape index (κ3) is 61.9. The standard InChI is InChI=1S/6C6H8O7.3Ag.3Cu.3Zn/c6*7-3(8)1-6(13,5(11)12)2-4(9)10;;;;;;;;;/h6*13H,1-2H2,(H,7,8)(H,9,10)(H,11,12);;;;;;;;;/q;;;;;;3*+1;6*+2/p-15. The van der Waals surface area contributed by atoms with Crippen molar-refractivity contribution in [3.63, 3.8) is 0 Å². The smallest absolute Gasteiger partial charge is 0.550 e. The summed E-state index contributed by atoms with van der Waals surface area (Å²) in [4.78, 5) is 180. The monoisotopic (exact) mass is 1840 g/mol. The minimum absolute atomic E-state index is 0. The quantitative estimate of drug-likeness (QED) is 0.0302. The predicted octanol–water partition coefficient (Wildman–Crippen LogP) is -27.5. The maximum absolute atomic E-state index is 10.3. The van der Waals surface area contributed by atoms with Gasteiger partial charge in [0.05, 0.1) is 42.7 Å². The van der Waals surface area contributed by atoms with Gasteiger partial charge in [-0.1, -0.05) is 0 Å². The number of hydrogen-bond acceptors (Lipinski definition) is 39. The number of carbonyl (C=O) groups excluding carboxylic acids is 15. The summed E-state index contributed by atoms with van der Waals surface area (Å²) in [5.74, 6) is -34.9. The van der Waals surface area contributed by atoms with Gasteiger partial charge in [-0.15, -0.1) is 0 Å². The van der Waals surface area contributed by atoms with Gasteiger partial charge in [-0.3, -0.25) is 9.59 Å². The number of carbonyl (C=O) groups is 18. The number of carboxylic acid groups (broad SMARTS) is 18. The molecule has 0 rings (SSSR count). The molecule has 0 aromatic carbocycles. The summed E-state index contributed by atoms with van der Waals surface area (Å²) in [5.41, 5.74) is -17.6. The molecule has 9 N–H and O–H groups in total. The number of aliphatic carboxylic acids is 18. The van der Waals surface area contributed by atoms with Gasteiger partial charge in [0.1, 0.15) is 28.0 Å². The molecular formula is C36H33Ag3Cu3O42Zn3. The minimum Gasteiger partial charge on any atom is -0.550 e. The van der Waals surface area contributed by atoms with Crippen molar-refractivity contribution >= 4 is 107 Å². The van der Waals surface area contributed by atoms with Crippen LogP contribution in [0.3, 0.4) is 0 Å². The number of carboxylic acids is 18. The van der Waals surface area contributed by atoms with Crippen molar-refractivity contribution in [1.29, 1.82) is 0 Å². The van der Waals surface area contributed by atoms with Crippen LogP contribution in [0.15, 0.2) is 0 Å². The summed E-state index contributed by atoms with van der Waals surface area (Å²) in [6, 6.07) is 0. The Hall–Kier alpha value is -4.13. The van der Waals surface area contributed by atoms with Crippen LogP contribution in [-0.2, 0) is 263 Å². The molecular weight excluding hydrogens is 1810 g/mol. The molecule has 0 amide bonds. The van der Waals surface area contributed by atoms with Gasteiger partial charge in [0.25, 0.3) is 0 Å². The second-order valence-corrected chi connectivity index (χ2v) is 14.6. The Bertz CT molecular complexity index is 1820. The molecule has 0 saturated heterocycles. The first-order valence-electron chi connectivity index (χ1n) is 18.7. The molecule has 0 atom stereocenters. The van der Waals surface area contributed by atoms with E-state index in [1.165, 1.54) is 0 Å². The van der Waals surface area contributed by atoms with Crippen LogP contribution in [0.4, 0.5) is 0 Å². The van der Waals surface area contributed by atoms with Crippen LogP contribution < -0.4 is 76.6 Å². The van der Waals surface area contributed by atoms with Crippen LogP contribution in [-0.4, -0.2) is 187 Å². The summed E-state index contributed by atoms with van der Waals surface area (Å²) in [6.07, 6.45) is -15.9. The average molecular weight is 1850 g/mol. The molecule has 0 spiro atoms. The van der Waals surface area contributed by atoms with E-state index in [1.54, 1.807) is 0 Å². The SMILES string of the molecule is O=C(O)CC(O)(CC(=O)O)C(=O)O.O=C([O-])CC(O)(CC(=O)[O-])C(=O)[O-].O=C([O-])CC(O)(CC(=O)[O-])C(=O)[O-].O=C([O-])CC(O)(CC(=O)[O-])C(=O)[O-].O=C([O-])CC(O)(CC(=O)[O-])C(=O)[O-].O=C([O-])CC(O)(CC(=O)[O-])C(=O)[O-].[Ag+].[Ag+].[Ag+].[Cu+2].[Cu+2].[Cu+2].[Zn+2].[Zn+2].[Zn+2]. The Morgan fingerprint density at radius 1 is 0.218 bits per heavy atom. The van der Waals surface area contributed by atoms with Gasteiger partial charge in [0.2, 0.25) is 0 Å². The Kier molecular flexibility index (Phi) is 77.5. The second kappa shape index (κ2) is 55.9. The van der Waals surface area contributed by atoms with E-state index in [-0.39, 0.29) is 177 Å². The topological polar surface area (TPSA) is 835 Å². The fourth-order valence-corrected chi connectivity index (χ4v) is 4.14. The first-order chi connectivity index (χ1) is 34.7. The Morgan fingerprint density at radius 2 is 0.310 bits per heavy atom. The molecule has 0 aromatic heterocycles. The van der Waals surface area contributed by atoms with E-state index >= 15 is 0 Å². The molecule has 0 aliphatic carbocycles. The Labute approximate surface area is 598 Å². The Morgan fingerprint density at radius 3 is 0.356 bits per heavy atom. The van der Waals surface area contributed by atoms with Crippen LogP contribution in [0.5, 0.6) is 0 Å². The molecule has 0 unspecified atom stereocenters. The molecule has 0 saturated carbocycles. The van der Waals surface area contributed by atoms with Crippen molar-refractivity contribution in [3.05, 3.63) is 0 Å². The molecule has 51 heteroatoms. The average Bonchev–Trinajstić information content (AvgIpc) is 3.15. The number of rotatable bonds is 30. The van der Waals surface area contributed by atoms with E-state index in [0.717, 1.165) is 0 Å². The third-order valence-corrected chi connectivity index (χ3v) is 7.55. The number of aliphatic hydroxyl groups is 6. The predicted molar refractivity (Wildman–Crippen MR) is 183 cm³/mol. The molecule has 87 heavy (non-hydrogen) atoms. The fourth-order valence-electron chi connectivity index (χ4n) is 4.14. The van der Waals surface area contributed by atoms with E-state index in [4.69, 9.17) is 46.0 Å². The molecule has 0 aromatic rings. The van der Waals surface area contributed by atoms with Gasteiger partial charge in [-0.25, -0.2) is 4.79 Å². The van der Waals surface area contributed by atoms with E-state index in [2.05, 4.69) is 0 Å². The maximum Gasteiger partial charge on any atom is 2.00 e. The van der Waals surface area contributed by atoms with Crippen LogP contribution in [0.2, 0.25) is 0 Å². The minimum atomic E-state index is -2.97. The van der Waals surface area contributed by atoms with Crippen molar-refractivity contribution in [2.45, 2.75) is 111 Å². The van der Waals surface area contributed by atoms with Gasteiger partial charge in [-0.05, 0) is 0 Å². The molecule has 42 nitrogen and oxygen atoms in total. The fraction of sp³-hybridized carbons (Fsp3) is 0.500. The summed E-state index contributed by atoms with van der Waals surface area (Å²) in [5, 5.41) is 228. The van der Waals surface area contributed by atoms with E-state index < -0.39 is 218 Å². The summed E-state index contributed by atoms with van der Waals surface area (Å²) in [6.45, 7) is 0. The molecule has 0 aliphatic heterocycles. The molecule has 0 fully saturated rings. The zero-order valence-corrected chi connectivity index (χ0v) is 58.1. The third-order valence-electron chi connectivity index (χ3n) is 7.55. The van der Waals surface area contributed by atoms with Crippen LogP contribution in [0.1, 0.15) is 77.0 Å². The molecule has 0 aliphatic rings. The van der Waals surface area contributed by atoms with E-state index in [9.17, 15) is 163 Å². The van der Waals surface area contributed by atoms with Crippen molar-refractivity contribution in [2.24, 2.45) is 0 Å².